The molecule has 2 heterocycles. The molecule has 5 heteroatoms. The number of nitrogens with zero attached hydrogens (tertiary/aromatic N) is 2. The third kappa shape index (κ3) is 2.09. The molecule has 0 aliphatic carbocycles. The summed E-state index contributed by atoms with van der Waals surface area (Å²) in [5.74, 6) is 0.0257. The number of rotatable bonds is 2. The summed E-state index contributed by atoms with van der Waals surface area (Å²) in [7, 11) is 3.23. The maximum absolute atomic E-state index is 11.6. The molecule has 1 aromatic rings. The number of nitrogens with one attached hydrogen (secondary N) is 1. The van der Waals surface area contributed by atoms with Crippen molar-refractivity contribution in [3.05, 3.63) is 17.5 Å². The van der Waals surface area contributed by atoms with Crippen LogP contribution in [-0.2, 0) is 11.8 Å². The van der Waals surface area contributed by atoms with Crippen LogP contribution in [-0.4, -0.2) is 35.9 Å². The van der Waals surface area contributed by atoms with Crippen molar-refractivity contribution in [2.45, 2.75) is 18.8 Å². The molecule has 1 saturated heterocycles. The first kappa shape index (κ1) is 11.1. The van der Waals surface area contributed by atoms with E-state index in [0.717, 1.165) is 31.6 Å². The Kier molecular flexibility index (Phi) is 3.24. The van der Waals surface area contributed by atoms with Gasteiger partial charge in [0.2, 0.25) is 0 Å². The third-order valence-corrected chi connectivity index (χ3v) is 2.95. The van der Waals surface area contributed by atoms with Crippen LogP contribution in [0, 0.1) is 0 Å². The molecule has 0 aromatic carbocycles. The maximum Gasteiger partial charge on any atom is 0.341 e. The highest BCUT2D eigenvalue weighted by atomic mass is 16.5. The van der Waals surface area contributed by atoms with Crippen molar-refractivity contribution >= 4 is 5.97 Å². The van der Waals surface area contributed by atoms with Crippen molar-refractivity contribution < 1.29 is 9.53 Å². The van der Waals surface area contributed by atoms with Gasteiger partial charge in [0.05, 0.1) is 12.8 Å². The summed E-state index contributed by atoms with van der Waals surface area (Å²) in [4.78, 5) is 11.6. The molecular weight excluding hydrogens is 206 g/mol. The number of piperidine rings is 1. The normalized spacial score (nSPS) is 20.8. The van der Waals surface area contributed by atoms with Crippen LogP contribution in [0.4, 0.5) is 0 Å². The van der Waals surface area contributed by atoms with E-state index in [2.05, 4.69) is 10.4 Å². The van der Waals surface area contributed by atoms with Gasteiger partial charge in [-0.25, -0.2) is 4.79 Å². The lowest BCUT2D eigenvalue weighted by molar-refractivity contribution is 0.0598. The fourth-order valence-electron chi connectivity index (χ4n) is 2.16. The number of carbonyl (C=O) groups excluding carboxylic acids is 1. The zero-order valence-electron chi connectivity index (χ0n) is 9.69. The minimum Gasteiger partial charge on any atom is -0.465 e. The van der Waals surface area contributed by atoms with Crippen LogP contribution in [0.5, 0.6) is 0 Å². The van der Waals surface area contributed by atoms with Crippen molar-refractivity contribution in [1.82, 2.24) is 15.1 Å². The number of aryl methyl sites for hydroxylation is 1. The van der Waals surface area contributed by atoms with E-state index in [9.17, 15) is 4.79 Å². The van der Waals surface area contributed by atoms with E-state index in [4.69, 9.17) is 4.74 Å². The molecule has 1 aliphatic heterocycles. The van der Waals surface area contributed by atoms with Gasteiger partial charge in [-0.3, -0.25) is 4.68 Å². The Balaban J connectivity index is 2.27. The van der Waals surface area contributed by atoms with E-state index < -0.39 is 0 Å². The number of aromatic nitrogens is 2. The van der Waals surface area contributed by atoms with Gasteiger partial charge in [0.25, 0.3) is 0 Å². The number of ether oxygens (including phenoxy) is 1. The number of esters is 1. The third-order valence-electron chi connectivity index (χ3n) is 2.95. The Hall–Kier alpha value is -1.36. The highest BCUT2D eigenvalue weighted by Gasteiger charge is 2.24. The molecule has 0 bridgehead atoms. The second-order valence-electron chi connectivity index (χ2n) is 4.14. The van der Waals surface area contributed by atoms with Crippen molar-refractivity contribution in [1.29, 1.82) is 0 Å². The van der Waals surface area contributed by atoms with Crippen molar-refractivity contribution in [3.63, 3.8) is 0 Å². The van der Waals surface area contributed by atoms with Gasteiger partial charge in [0.1, 0.15) is 5.56 Å². The summed E-state index contributed by atoms with van der Waals surface area (Å²) in [5, 5.41) is 7.70. The van der Waals surface area contributed by atoms with E-state index in [1.165, 1.54) is 7.11 Å². The number of hydrogen-bond acceptors (Lipinski definition) is 4. The molecule has 88 valence electrons. The lowest BCUT2D eigenvalue weighted by Crippen LogP contribution is -2.29. The van der Waals surface area contributed by atoms with Crippen LogP contribution >= 0.6 is 0 Å². The fraction of sp³-hybridized carbons (Fsp3) is 0.636. The fourth-order valence-corrected chi connectivity index (χ4v) is 2.16. The summed E-state index contributed by atoms with van der Waals surface area (Å²) in [6.45, 7) is 1.94. The molecule has 1 atom stereocenters. The molecule has 1 N–H and O–H groups in total. The van der Waals surface area contributed by atoms with Gasteiger partial charge in [-0.2, -0.15) is 5.10 Å². The summed E-state index contributed by atoms with van der Waals surface area (Å²) >= 11 is 0. The Morgan fingerprint density at radius 2 is 2.50 bits per heavy atom. The van der Waals surface area contributed by atoms with Crippen molar-refractivity contribution in [2.24, 2.45) is 7.05 Å². The summed E-state index contributed by atoms with van der Waals surface area (Å²) < 4.78 is 6.45. The molecule has 1 aromatic heterocycles. The second-order valence-corrected chi connectivity index (χ2v) is 4.14. The molecule has 0 amide bonds. The van der Waals surface area contributed by atoms with Crippen LogP contribution in [0.15, 0.2) is 6.20 Å². The van der Waals surface area contributed by atoms with Crippen LogP contribution in [0.1, 0.15) is 34.8 Å². The van der Waals surface area contributed by atoms with E-state index >= 15 is 0 Å². The molecule has 5 nitrogen and oxygen atoms in total. The molecule has 0 saturated carbocycles. The first-order valence-electron chi connectivity index (χ1n) is 5.55. The lowest BCUT2D eigenvalue weighted by Gasteiger charge is -2.21. The SMILES string of the molecule is COC(=O)c1cn(C)nc1C1CCCNC1. The Labute approximate surface area is 94.8 Å². The van der Waals surface area contributed by atoms with Crippen LogP contribution in [0.25, 0.3) is 0 Å². The smallest absolute Gasteiger partial charge is 0.341 e. The van der Waals surface area contributed by atoms with Crippen LogP contribution in [0.3, 0.4) is 0 Å². The predicted molar refractivity (Wildman–Crippen MR) is 59.4 cm³/mol. The van der Waals surface area contributed by atoms with Crippen LogP contribution in [0.2, 0.25) is 0 Å². The molecule has 1 fully saturated rings. The lowest BCUT2D eigenvalue weighted by atomic mass is 9.94. The summed E-state index contributed by atoms with van der Waals surface area (Å²) in [5.41, 5.74) is 1.46. The maximum atomic E-state index is 11.6. The Morgan fingerprint density at radius 3 is 3.12 bits per heavy atom. The number of methoxy groups -OCH3 is 1. The second kappa shape index (κ2) is 4.65. The van der Waals surface area contributed by atoms with Crippen LogP contribution < -0.4 is 5.32 Å². The topological polar surface area (TPSA) is 56.2 Å². The van der Waals surface area contributed by atoms with E-state index in [1.807, 2.05) is 7.05 Å². The Bertz CT molecular complexity index is 381. The first-order chi connectivity index (χ1) is 7.72. The Morgan fingerprint density at radius 1 is 1.69 bits per heavy atom. The zero-order valence-corrected chi connectivity index (χ0v) is 9.69. The molecular formula is C11H17N3O2. The highest BCUT2D eigenvalue weighted by Crippen LogP contribution is 2.25. The van der Waals surface area contributed by atoms with Crippen molar-refractivity contribution in [3.8, 4) is 0 Å². The molecule has 0 spiro atoms. The minimum atomic E-state index is -0.298. The van der Waals surface area contributed by atoms with E-state index in [0.29, 0.717) is 11.5 Å². The predicted octanol–water partition coefficient (Wildman–Crippen LogP) is 0.674. The van der Waals surface area contributed by atoms with Crippen molar-refractivity contribution in [2.75, 3.05) is 20.2 Å². The first-order valence-corrected chi connectivity index (χ1v) is 5.55. The average Bonchev–Trinajstić information content (AvgIpc) is 2.71. The van der Waals surface area contributed by atoms with E-state index in [-0.39, 0.29) is 5.97 Å². The molecule has 1 unspecified atom stereocenters. The van der Waals surface area contributed by atoms with Gasteiger partial charge in [-0.1, -0.05) is 0 Å². The van der Waals surface area contributed by atoms with E-state index in [1.54, 1.807) is 10.9 Å². The highest BCUT2D eigenvalue weighted by molar-refractivity contribution is 5.90. The zero-order chi connectivity index (χ0) is 11.5. The molecule has 1 aliphatic rings. The molecule has 2 rings (SSSR count). The van der Waals surface area contributed by atoms with Gasteiger partial charge in [0, 0.05) is 25.7 Å². The summed E-state index contributed by atoms with van der Waals surface area (Å²) in [6, 6.07) is 0. The molecule has 16 heavy (non-hydrogen) atoms. The van der Waals surface area contributed by atoms with Gasteiger partial charge in [-0.15, -0.1) is 0 Å². The number of hydrogen-bond donors (Lipinski definition) is 1. The quantitative estimate of drug-likeness (QED) is 0.749. The minimum absolute atomic E-state index is 0.298. The number of carbonyl (C=O) groups is 1. The largest absolute Gasteiger partial charge is 0.465 e. The van der Waals surface area contributed by atoms with Gasteiger partial charge in [-0.05, 0) is 19.4 Å². The van der Waals surface area contributed by atoms with Gasteiger partial charge >= 0.3 is 5.97 Å². The average molecular weight is 223 g/mol. The summed E-state index contributed by atoms with van der Waals surface area (Å²) in [6.07, 6.45) is 3.94. The standard InChI is InChI=1S/C11H17N3O2/c1-14-7-9(11(15)16-2)10(13-14)8-4-3-5-12-6-8/h7-8,12H,3-6H2,1-2H3. The van der Waals surface area contributed by atoms with Gasteiger partial charge < -0.3 is 10.1 Å². The molecule has 0 radical (unpaired) electrons. The van der Waals surface area contributed by atoms with Gasteiger partial charge in [0.15, 0.2) is 0 Å². The monoisotopic (exact) mass is 223 g/mol.